The number of hydrogen-bond acceptors (Lipinski definition) is 3. The number of ether oxygens (including phenoxy) is 1. The Bertz CT molecular complexity index is 1140. The molecule has 0 radical (unpaired) electrons. The van der Waals surface area contributed by atoms with E-state index in [9.17, 15) is 9.18 Å². The predicted octanol–water partition coefficient (Wildman–Crippen LogP) is 6.87. The lowest BCUT2D eigenvalue weighted by Gasteiger charge is -2.27. The van der Waals surface area contributed by atoms with Crippen LogP contribution in [0.25, 0.3) is 22.4 Å². The first-order valence-corrected chi connectivity index (χ1v) is 11.8. The van der Waals surface area contributed by atoms with E-state index in [-0.39, 0.29) is 18.0 Å². The van der Waals surface area contributed by atoms with Gasteiger partial charge in [-0.05, 0) is 86.4 Å². The van der Waals surface area contributed by atoms with E-state index in [2.05, 4.69) is 32.6 Å². The van der Waals surface area contributed by atoms with Crippen LogP contribution in [0, 0.1) is 16.3 Å². The van der Waals surface area contributed by atoms with Crippen molar-refractivity contribution < 1.29 is 13.9 Å². The Labute approximate surface area is 201 Å². The number of halogens is 2. The molecule has 1 aliphatic heterocycles. The molecular formula is C25H27FIN3O2. The number of likely N-dealkylation sites (tertiary alicyclic amines) is 1. The van der Waals surface area contributed by atoms with Crippen LogP contribution in [-0.4, -0.2) is 33.1 Å². The number of aromatic amines is 1. The number of amides is 1. The number of nitrogens with zero attached hydrogens (tertiary/aromatic N) is 2. The number of imidazole rings is 1. The normalized spacial score (nSPS) is 16.4. The van der Waals surface area contributed by atoms with E-state index < -0.39 is 5.60 Å². The van der Waals surface area contributed by atoms with Gasteiger partial charge in [-0.2, -0.15) is 0 Å². The molecule has 4 rings (SSSR count). The first-order chi connectivity index (χ1) is 15.1. The van der Waals surface area contributed by atoms with Crippen molar-refractivity contribution in [3.05, 3.63) is 63.4 Å². The largest absolute Gasteiger partial charge is 0.444 e. The summed E-state index contributed by atoms with van der Waals surface area (Å²) in [5, 5.41) is 0. The summed E-state index contributed by atoms with van der Waals surface area (Å²) in [6, 6.07) is 11.4. The van der Waals surface area contributed by atoms with Gasteiger partial charge >= 0.3 is 6.09 Å². The fraction of sp³-hybridized carbons (Fsp3) is 0.360. The van der Waals surface area contributed by atoms with Crippen molar-refractivity contribution in [2.75, 3.05) is 6.54 Å². The number of H-pyrrole nitrogens is 1. The Morgan fingerprint density at radius 1 is 1.22 bits per heavy atom. The molecule has 1 N–H and O–H groups in total. The van der Waals surface area contributed by atoms with Crippen molar-refractivity contribution in [2.24, 2.45) is 0 Å². The summed E-state index contributed by atoms with van der Waals surface area (Å²) >= 11 is 2.05. The second-order valence-electron chi connectivity index (χ2n) is 9.20. The van der Waals surface area contributed by atoms with Gasteiger partial charge in [0.1, 0.15) is 17.2 Å². The molecule has 0 spiro atoms. The van der Waals surface area contributed by atoms with Crippen LogP contribution in [-0.2, 0) is 4.74 Å². The molecule has 0 bridgehead atoms. The maximum absolute atomic E-state index is 14.8. The molecule has 1 saturated heterocycles. The lowest BCUT2D eigenvalue weighted by atomic mass is 10.0. The van der Waals surface area contributed by atoms with Gasteiger partial charge in [-0.15, -0.1) is 0 Å². The van der Waals surface area contributed by atoms with Crippen LogP contribution in [0.1, 0.15) is 51.0 Å². The molecule has 0 aliphatic carbocycles. The van der Waals surface area contributed by atoms with Gasteiger partial charge in [0.05, 0.1) is 21.5 Å². The zero-order valence-corrected chi connectivity index (χ0v) is 20.9. The SMILES string of the molecule is Cc1ccc(-c2cc(-c3cnc(C4CCCN4C(=O)OC(C)(C)C)[nH]3)cc(F)c2I)cc1. The second kappa shape index (κ2) is 8.84. The van der Waals surface area contributed by atoms with Gasteiger partial charge in [-0.25, -0.2) is 14.2 Å². The molecule has 0 saturated carbocycles. The number of hydrogen-bond donors (Lipinski definition) is 1. The van der Waals surface area contributed by atoms with E-state index in [4.69, 9.17) is 4.74 Å². The van der Waals surface area contributed by atoms with E-state index in [0.29, 0.717) is 15.9 Å². The predicted molar refractivity (Wildman–Crippen MR) is 132 cm³/mol. The van der Waals surface area contributed by atoms with E-state index in [1.807, 2.05) is 58.0 Å². The zero-order chi connectivity index (χ0) is 23.0. The summed E-state index contributed by atoms with van der Waals surface area (Å²) in [6.45, 7) is 8.24. The van der Waals surface area contributed by atoms with Gasteiger partial charge in [-0.1, -0.05) is 29.8 Å². The smallest absolute Gasteiger partial charge is 0.410 e. The summed E-state index contributed by atoms with van der Waals surface area (Å²) in [7, 11) is 0. The average Bonchev–Trinajstić information content (AvgIpc) is 3.38. The molecule has 1 aromatic heterocycles. The number of carbonyl (C=O) groups is 1. The van der Waals surface area contributed by atoms with Crippen LogP contribution in [0.3, 0.4) is 0 Å². The highest BCUT2D eigenvalue weighted by molar-refractivity contribution is 14.1. The number of carbonyl (C=O) groups excluding carboxylic acids is 1. The Morgan fingerprint density at radius 2 is 1.94 bits per heavy atom. The number of aryl methyl sites for hydroxylation is 1. The van der Waals surface area contributed by atoms with Crippen LogP contribution >= 0.6 is 22.6 Å². The molecule has 3 aromatic rings. The topological polar surface area (TPSA) is 58.2 Å². The molecule has 2 aromatic carbocycles. The summed E-state index contributed by atoms with van der Waals surface area (Å²) in [5.74, 6) is 0.422. The standard InChI is InChI=1S/C25H27FIN3O2/c1-15-7-9-16(10-8-15)18-12-17(13-19(26)22(18)27)20-14-28-23(29-20)21-6-5-11-30(21)24(31)32-25(2,3)4/h7-10,12-14,21H,5-6,11H2,1-4H3,(H,28,29). The molecule has 168 valence electrons. The van der Waals surface area contributed by atoms with Crippen molar-refractivity contribution in [3.8, 4) is 22.4 Å². The summed E-state index contributed by atoms with van der Waals surface area (Å²) < 4.78 is 21.0. The molecule has 1 atom stereocenters. The molecule has 32 heavy (non-hydrogen) atoms. The molecular weight excluding hydrogens is 520 g/mol. The minimum atomic E-state index is -0.552. The van der Waals surface area contributed by atoms with Crippen molar-refractivity contribution >= 4 is 28.7 Å². The first kappa shape index (κ1) is 22.8. The van der Waals surface area contributed by atoms with Crippen molar-refractivity contribution in [3.63, 3.8) is 0 Å². The fourth-order valence-corrected chi connectivity index (χ4v) is 4.55. The first-order valence-electron chi connectivity index (χ1n) is 10.7. The average molecular weight is 547 g/mol. The number of benzene rings is 2. The highest BCUT2D eigenvalue weighted by Crippen LogP contribution is 2.35. The molecule has 1 unspecified atom stereocenters. The number of rotatable bonds is 3. The van der Waals surface area contributed by atoms with Crippen LogP contribution in [0.5, 0.6) is 0 Å². The van der Waals surface area contributed by atoms with Gasteiger partial charge < -0.3 is 9.72 Å². The third-order valence-electron chi connectivity index (χ3n) is 5.49. The van der Waals surface area contributed by atoms with Crippen molar-refractivity contribution in [1.29, 1.82) is 0 Å². The van der Waals surface area contributed by atoms with Crippen molar-refractivity contribution in [1.82, 2.24) is 14.9 Å². The van der Waals surface area contributed by atoms with Gasteiger partial charge in [0, 0.05) is 12.1 Å². The highest BCUT2D eigenvalue weighted by atomic mass is 127. The van der Waals surface area contributed by atoms with E-state index >= 15 is 0 Å². The van der Waals surface area contributed by atoms with Gasteiger partial charge in [0.25, 0.3) is 0 Å². The van der Waals surface area contributed by atoms with Gasteiger partial charge in [0.15, 0.2) is 0 Å². The Hall–Kier alpha value is -2.42. The van der Waals surface area contributed by atoms with E-state index in [1.54, 1.807) is 11.1 Å². The zero-order valence-electron chi connectivity index (χ0n) is 18.7. The fourth-order valence-electron chi connectivity index (χ4n) is 3.93. The van der Waals surface area contributed by atoms with Crippen molar-refractivity contribution in [2.45, 2.75) is 52.2 Å². The minimum absolute atomic E-state index is 0.177. The lowest BCUT2D eigenvalue weighted by molar-refractivity contribution is 0.0218. The second-order valence-corrected chi connectivity index (χ2v) is 10.3. The van der Waals surface area contributed by atoms with Crippen LogP contribution in [0.2, 0.25) is 0 Å². The van der Waals surface area contributed by atoms with Crippen LogP contribution in [0.4, 0.5) is 9.18 Å². The number of nitrogens with one attached hydrogen (secondary N) is 1. The Morgan fingerprint density at radius 3 is 2.62 bits per heavy atom. The third kappa shape index (κ3) is 4.82. The Balaban J connectivity index is 1.64. The summed E-state index contributed by atoms with van der Waals surface area (Å²) in [6.07, 6.45) is 3.07. The third-order valence-corrected chi connectivity index (χ3v) is 6.59. The van der Waals surface area contributed by atoms with E-state index in [0.717, 1.165) is 40.8 Å². The number of aromatic nitrogens is 2. The van der Waals surface area contributed by atoms with Crippen LogP contribution < -0.4 is 0 Å². The van der Waals surface area contributed by atoms with E-state index in [1.165, 1.54) is 6.07 Å². The maximum atomic E-state index is 14.8. The highest BCUT2D eigenvalue weighted by Gasteiger charge is 2.34. The molecule has 2 heterocycles. The monoisotopic (exact) mass is 547 g/mol. The van der Waals surface area contributed by atoms with Crippen LogP contribution in [0.15, 0.2) is 42.6 Å². The quantitative estimate of drug-likeness (QED) is 0.365. The lowest BCUT2D eigenvalue weighted by Crippen LogP contribution is -2.36. The molecule has 1 aliphatic rings. The summed E-state index contributed by atoms with van der Waals surface area (Å²) in [4.78, 5) is 22.2. The minimum Gasteiger partial charge on any atom is -0.444 e. The molecule has 1 amide bonds. The maximum Gasteiger partial charge on any atom is 0.410 e. The van der Waals surface area contributed by atoms with Gasteiger partial charge in [0.2, 0.25) is 0 Å². The van der Waals surface area contributed by atoms with Gasteiger partial charge in [-0.3, -0.25) is 4.90 Å². The summed E-state index contributed by atoms with van der Waals surface area (Å²) in [5.41, 5.74) is 3.85. The molecule has 7 heteroatoms. The Kier molecular flexibility index (Phi) is 6.29. The molecule has 5 nitrogen and oxygen atoms in total. The molecule has 1 fully saturated rings.